The van der Waals surface area contributed by atoms with E-state index in [0.29, 0.717) is 5.52 Å². The van der Waals surface area contributed by atoms with Crippen molar-refractivity contribution in [3.05, 3.63) is 44.3 Å². The van der Waals surface area contributed by atoms with Gasteiger partial charge in [0.15, 0.2) is 11.9 Å². The molecule has 0 amide bonds. The van der Waals surface area contributed by atoms with Gasteiger partial charge in [-0.05, 0) is 6.07 Å². The van der Waals surface area contributed by atoms with Crippen LogP contribution in [0.1, 0.15) is 11.9 Å². The number of hydrogen-bond acceptors (Lipinski definition) is 6. The number of nitrogens with one attached hydrogen (secondary N) is 1. The summed E-state index contributed by atoms with van der Waals surface area (Å²) in [7, 11) is 0. The van der Waals surface area contributed by atoms with Crippen LogP contribution < -0.4 is 0 Å². The lowest BCUT2D eigenvalue weighted by Crippen LogP contribution is -2.09. The number of nitriles is 1. The maximum absolute atomic E-state index is 10.6. The van der Waals surface area contributed by atoms with Gasteiger partial charge in [0, 0.05) is 17.1 Å². The van der Waals surface area contributed by atoms with Crippen LogP contribution in [0.15, 0.2) is 18.2 Å². The van der Waals surface area contributed by atoms with Gasteiger partial charge in [-0.1, -0.05) is 0 Å². The first-order valence-electron chi connectivity index (χ1n) is 4.70. The fraction of sp³-hybridized carbons (Fsp3) is 0.111. The van der Waals surface area contributed by atoms with Crippen molar-refractivity contribution < 1.29 is 9.85 Å². The number of fused-ring (bicyclic) bond motifs is 1. The Hall–Kier alpha value is -3.02. The van der Waals surface area contributed by atoms with Crippen LogP contribution >= 0.6 is 0 Å². The fourth-order valence-electron chi connectivity index (χ4n) is 1.47. The number of rotatable bonds is 3. The Kier molecular flexibility index (Phi) is 2.61. The van der Waals surface area contributed by atoms with Crippen LogP contribution in [0.5, 0.6) is 0 Å². The molecule has 18 heavy (non-hydrogen) atoms. The molecule has 1 atom stereocenters. The monoisotopic (exact) mass is 247 g/mol. The molecule has 0 fully saturated rings. The molecular weight excluding hydrogens is 242 g/mol. The Balaban J connectivity index is 2.54. The largest absolute Gasteiger partial charge is 0.353 e. The Bertz CT molecular complexity index is 686. The molecule has 1 unspecified atom stereocenters. The van der Waals surface area contributed by atoms with Crippen molar-refractivity contribution in [1.82, 2.24) is 9.97 Å². The number of non-ortho nitro benzene ring substituents is 1. The molecule has 2 rings (SSSR count). The van der Waals surface area contributed by atoms with E-state index < -0.39 is 15.9 Å². The molecule has 1 N–H and O–H groups in total. The molecule has 0 aliphatic heterocycles. The first-order chi connectivity index (χ1) is 8.52. The average molecular weight is 247 g/mol. The van der Waals surface area contributed by atoms with Crippen LogP contribution in [-0.2, 0) is 0 Å². The van der Waals surface area contributed by atoms with Crippen molar-refractivity contribution in [3.8, 4) is 6.07 Å². The van der Waals surface area contributed by atoms with Crippen molar-refractivity contribution in [3.63, 3.8) is 0 Å². The van der Waals surface area contributed by atoms with Crippen molar-refractivity contribution in [1.29, 1.82) is 5.26 Å². The zero-order valence-corrected chi connectivity index (χ0v) is 8.73. The van der Waals surface area contributed by atoms with Crippen LogP contribution in [0.2, 0.25) is 0 Å². The van der Waals surface area contributed by atoms with Crippen LogP contribution in [0.3, 0.4) is 0 Å². The number of aromatic amines is 1. The minimum atomic E-state index is -1.61. The molecule has 2 aromatic rings. The second-order valence-electron chi connectivity index (χ2n) is 3.40. The van der Waals surface area contributed by atoms with Gasteiger partial charge in [0.25, 0.3) is 5.69 Å². The van der Waals surface area contributed by atoms with E-state index in [9.17, 15) is 20.2 Å². The minimum absolute atomic E-state index is 0.141. The highest BCUT2D eigenvalue weighted by Crippen LogP contribution is 2.21. The van der Waals surface area contributed by atoms with Gasteiger partial charge >= 0.3 is 6.04 Å². The third kappa shape index (κ3) is 1.82. The predicted molar refractivity (Wildman–Crippen MR) is 58.1 cm³/mol. The molecule has 9 nitrogen and oxygen atoms in total. The molecule has 0 bridgehead atoms. The molecule has 9 heteroatoms. The highest BCUT2D eigenvalue weighted by molar-refractivity contribution is 5.77. The molecule has 1 aromatic carbocycles. The van der Waals surface area contributed by atoms with Gasteiger partial charge in [0.05, 0.1) is 16.0 Å². The van der Waals surface area contributed by atoms with Crippen molar-refractivity contribution in [2.45, 2.75) is 6.04 Å². The van der Waals surface area contributed by atoms with Crippen LogP contribution in [0.4, 0.5) is 5.69 Å². The average Bonchev–Trinajstić information content (AvgIpc) is 2.71. The van der Waals surface area contributed by atoms with Crippen molar-refractivity contribution in [2.24, 2.45) is 0 Å². The predicted octanol–water partition coefficient (Wildman–Crippen LogP) is 1.31. The van der Waals surface area contributed by atoms with Crippen molar-refractivity contribution >= 4 is 16.7 Å². The van der Waals surface area contributed by atoms with Crippen LogP contribution in [0.25, 0.3) is 11.0 Å². The quantitative estimate of drug-likeness (QED) is 0.640. The van der Waals surface area contributed by atoms with Gasteiger partial charge in [0.1, 0.15) is 0 Å². The number of imidazole rings is 1. The van der Waals surface area contributed by atoms with E-state index in [1.807, 2.05) is 0 Å². The highest BCUT2D eigenvalue weighted by Gasteiger charge is 2.26. The first kappa shape index (κ1) is 11.5. The molecule has 1 aromatic heterocycles. The van der Waals surface area contributed by atoms with Gasteiger partial charge in [-0.25, -0.2) is 4.98 Å². The number of nitro groups is 2. The maximum Gasteiger partial charge on any atom is 0.353 e. The smallest absolute Gasteiger partial charge is 0.335 e. The molecule has 0 saturated heterocycles. The zero-order chi connectivity index (χ0) is 13.3. The number of nitrogens with zero attached hydrogens (tertiary/aromatic N) is 4. The summed E-state index contributed by atoms with van der Waals surface area (Å²) in [6, 6.07) is 3.68. The van der Waals surface area contributed by atoms with Gasteiger partial charge in [0.2, 0.25) is 0 Å². The number of nitro benzene ring substituents is 1. The molecule has 0 spiro atoms. The van der Waals surface area contributed by atoms with Gasteiger partial charge in [-0.3, -0.25) is 20.2 Å². The van der Waals surface area contributed by atoms with Crippen LogP contribution in [0, 0.1) is 31.6 Å². The van der Waals surface area contributed by atoms with Crippen LogP contribution in [-0.4, -0.2) is 19.8 Å². The standard InChI is InChI=1S/C9H5N5O4/c10-4-8(14(17)18)9-11-6-2-1-5(13(15)16)3-7(6)12-9/h1-3,8H,(H,11,12). The Morgan fingerprint density at radius 2 is 2.11 bits per heavy atom. The number of benzene rings is 1. The summed E-state index contributed by atoms with van der Waals surface area (Å²) in [5.41, 5.74) is 0.450. The highest BCUT2D eigenvalue weighted by atomic mass is 16.6. The molecular formula is C9H5N5O4. The lowest BCUT2D eigenvalue weighted by atomic mass is 10.3. The summed E-state index contributed by atoms with van der Waals surface area (Å²) < 4.78 is 0. The van der Waals surface area contributed by atoms with E-state index in [4.69, 9.17) is 5.26 Å². The second kappa shape index (κ2) is 4.10. The lowest BCUT2D eigenvalue weighted by Gasteiger charge is -1.94. The van der Waals surface area contributed by atoms with Gasteiger partial charge in [-0.15, -0.1) is 0 Å². The zero-order valence-electron chi connectivity index (χ0n) is 8.73. The normalized spacial score (nSPS) is 11.9. The van der Waals surface area contributed by atoms with E-state index in [1.165, 1.54) is 24.3 Å². The topological polar surface area (TPSA) is 139 Å². The SMILES string of the molecule is N#CC(c1nc2ccc([N+](=O)[O-])cc2[nH]1)[N+](=O)[O-]. The maximum atomic E-state index is 10.6. The number of H-pyrrole nitrogens is 1. The molecule has 0 aliphatic rings. The van der Waals surface area contributed by atoms with Gasteiger partial charge in [-0.2, -0.15) is 5.26 Å². The number of aromatic nitrogens is 2. The summed E-state index contributed by atoms with van der Waals surface area (Å²) in [6.07, 6.45) is 0. The van der Waals surface area contributed by atoms with E-state index in [-0.39, 0.29) is 17.0 Å². The summed E-state index contributed by atoms with van der Waals surface area (Å²) in [5, 5.41) is 29.8. The number of hydrogen-bond donors (Lipinski definition) is 1. The summed E-state index contributed by atoms with van der Waals surface area (Å²) in [4.78, 5) is 26.2. The molecule has 90 valence electrons. The Labute approximate surface area is 99.0 Å². The molecule has 0 aliphatic carbocycles. The van der Waals surface area contributed by atoms with E-state index in [1.54, 1.807) is 0 Å². The molecule has 0 radical (unpaired) electrons. The molecule has 1 heterocycles. The van der Waals surface area contributed by atoms with E-state index in [2.05, 4.69) is 9.97 Å². The second-order valence-corrected chi connectivity index (χ2v) is 3.40. The fourth-order valence-corrected chi connectivity index (χ4v) is 1.47. The van der Waals surface area contributed by atoms with Crippen molar-refractivity contribution in [2.75, 3.05) is 0 Å². The molecule has 0 saturated carbocycles. The van der Waals surface area contributed by atoms with E-state index >= 15 is 0 Å². The minimum Gasteiger partial charge on any atom is -0.335 e. The lowest BCUT2D eigenvalue weighted by molar-refractivity contribution is -0.514. The summed E-state index contributed by atoms with van der Waals surface area (Å²) in [5.74, 6) is -0.141. The third-order valence-electron chi connectivity index (χ3n) is 2.29. The summed E-state index contributed by atoms with van der Waals surface area (Å²) >= 11 is 0. The Morgan fingerprint density at radius 1 is 1.39 bits per heavy atom. The van der Waals surface area contributed by atoms with E-state index in [0.717, 1.165) is 0 Å². The first-order valence-corrected chi connectivity index (χ1v) is 4.70. The summed E-state index contributed by atoms with van der Waals surface area (Å²) in [6.45, 7) is 0. The third-order valence-corrected chi connectivity index (χ3v) is 2.29. The Morgan fingerprint density at radius 3 is 2.67 bits per heavy atom. The van der Waals surface area contributed by atoms with Gasteiger partial charge < -0.3 is 4.98 Å².